The fourth-order valence-corrected chi connectivity index (χ4v) is 1.87. The molecular formula is C16H16ClNO2. The second-order valence-electron chi connectivity index (χ2n) is 4.53. The molecule has 0 aromatic heterocycles. The van der Waals surface area contributed by atoms with Crippen molar-refractivity contribution in [3.63, 3.8) is 0 Å². The van der Waals surface area contributed by atoms with Gasteiger partial charge in [-0.15, -0.1) is 0 Å². The number of nitrogens with two attached hydrogens (primary N) is 1. The van der Waals surface area contributed by atoms with Crippen molar-refractivity contribution >= 4 is 23.3 Å². The van der Waals surface area contributed by atoms with E-state index in [2.05, 4.69) is 0 Å². The maximum atomic E-state index is 11.7. The van der Waals surface area contributed by atoms with Crippen LogP contribution in [0.15, 0.2) is 48.5 Å². The summed E-state index contributed by atoms with van der Waals surface area (Å²) in [6.07, 6.45) is 1.01. The van der Waals surface area contributed by atoms with Crippen molar-refractivity contribution in [3.8, 4) is 0 Å². The largest absolute Gasteiger partial charge is 0.461 e. The molecule has 0 saturated carbocycles. The van der Waals surface area contributed by atoms with E-state index in [-0.39, 0.29) is 12.6 Å². The normalized spacial score (nSPS) is 10.2. The summed E-state index contributed by atoms with van der Waals surface area (Å²) in [5.74, 6) is -0.211. The number of anilines is 1. The van der Waals surface area contributed by atoms with E-state index in [1.165, 1.54) is 0 Å². The van der Waals surface area contributed by atoms with Gasteiger partial charge < -0.3 is 10.5 Å². The van der Waals surface area contributed by atoms with Crippen LogP contribution in [0.1, 0.15) is 17.5 Å². The van der Waals surface area contributed by atoms with Crippen LogP contribution in [-0.4, -0.2) is 5.97 Å². The highest BCUT2D eigenvalue weighted by Gasteiger charge is 2.04. The van der Waals surface area contributed by atoms with Crippen LogP contribution in [0.25, 0.3) is 0 Å². The molecule has 0 atom stereocenters. The van der Waals surface area contributed by atoms with Crippen LogP contribution in [0, 0.1) is 0 Å². The van der Waals surface area contributed by atoms with Gasteiger partial charge in [0.25, 0.3) is 0 Å². The van der Waals surface area contributed by atoms with E-state index >= 15 is 0 Å². The molecule has 20 heavy (non-hydrogen) atoms. The Labute approximate surface area is 123 Å². The van der Waals surface area contributed by atoms with Gasteiger partial charge in [0.05, 0.1) is 0 Å². The summed E-state index contributed by atoms with van der Waals surface area (Å²) in [5.41, 5.74) is 8.32. The Hall–Kier alpha value is -2.00. The highest BCUT2D eigenvalue weighted by atomic mass is 35.5. The Morgan fingerprint density at radius 1 is 1.00 bits per heavy atom. The highest BCUT2D eigenvalue weighted by Crippen LogP contribution is 2.11. The smallest absolute Gasteiger partial charge is 0.306 e. The average Bonchev–Trinajstić information content (AvgIpc) is 2.46. The van der Waals surface area contributed by atoms with Crippen LogP contribution in [0.2, 0.25) is 5.02 Å². The molecule has 0 radical (unpaired) electrons. The number of hydrogen-bond acceptors (Lipinski definition) is 3. The number of hydrogen-bond donors (Lipinski definition) is 1. The van der Waals surface area contributed by atoms with E-state index in [0.717, 1.165) is 16.8 Å². The van der Waals surface area contributed by atoms with Gasteiger partial charge in [-0.3, -0.25) is 4.79 Å². The van der Waals surface area contributed by atoms with Gasteiger partial charge in [0.2, 0.25) is 0 Å². The molecule has 2 rings (SSSR count). The van der Waals surface area contributed by atoms with Crippen LogP contribution in [0.5, 0.6) is 0 Å². The molecule has 2 aromatic carbocycles. The number of nitrogen functional groups attached to an aromatic ring is 1. The Bertz CT molecular complexity index is 513. The molecule has 0 aliphatic heterocycles. The first kappa shape index (κ1) is 14.4. The van der Waals surface area contributed by atoms with Crippen LogP contribution in [0.3, 0.4) is 0 Å². The van der Waals surface area contributed by atoms with Crippen molar-refractivity contribution in [2.24, 2.45) is 0 Å². The summed E-state index contributed by atoms with van der Waals surface area (Å²) < 4.78 is 5.21. The Balaban J connectivity index is 1.75. The highest BCUT2D eigenvalue weighted by molar-refractivity contribution is 6.30. The fourth-order valence-electron chi connectivity index (χ4n) is 1.75. The minimum absolute atomic E-state index is 0.211. The second kappa shape index (κ2) is 6.96. The number of aryl methyl sites for hydroxylation is 1. The molecule has 0 bridgehead atoms. The third-order valence-electron chi connectivity index (χ3n) is 2.91. The summed E-state index contributed by atoms with van der Waals surface area (Å²) >= 11 is 5.79. The standard InChI is InChI=1S/C16H16ClNO2/c17-14-6-1-13(2-7-14)11-20-16(19)10-5-12-3-8-15(18)9-4-12/h1-4,6-9H,5,10-11,18H2. The lowest BCUT2D eigenvalue weighted by Gasteiger charge is -2.05. The molecule has 2 aromatic rings. The number of carbonyl (C=O) groups excluding carboxylic acids is 1. The van der Waals surface area contributed by atoms with E-state index in [1.54, 1.807) is 12.1 Å². The van der Waals surface area contributed by atoms with E-state index < -0.39 is 0 Å². The van der Waals surface area contributed by atoms with Crippen molar-refractivity contribution in [2.75, 3.05) is 5.73 Å². The second-order valence-corrected chi connectivity index (χ2v) is 4.97. The molecule has 4 heteroatoms. The lowest BCUT2D eigenvalue weighted by atomic mass is 10.1. The van der Waals surface area contributed by atoms with Crippen LogP contribution < -0.4 is 5.73 Å². The lowest BCUT2D eigenvalue weighted by molar-refractivity contribution is -0.144. The predicted molar refractivity (Wildman–Crippen MR) is 80.4 cm³/mol. The maximum Gasteiger partial charge on any atom is 0.306 e. The molecule has 0 aliphatic rings. The van der Waals surface area contributed by atoms with E-state index in [1.807, 2.05) is 36.4 Å². The number of rotatable bonds is 5. The van der Waals surface area contributed by atoms with Gasteiger partial charge >= 0.3 is 5.97 Å². The maximum absolute atomic E-state index is 11.7. The molecule has 0 amide bonds. The molecule has 0 saturated heterocycles. The molecule has 0 unspecified atom stereocenters. The van der Waals surface area contributed by atoms with E-state index in [9.17, 15) is 4.79 Å². The Kier molecular flexibility index (Phi) is 5.02. The molecule has 0 fully saturated rings. The number of esters is 1. The molecule has 3 nitrogen and oxygen atoms in total. The van der Waals surface area contributed by atoms with Gasteiger partial charge in [-0.05, 0) is 41.8 Å². The van der Waals surface area contributed by atoms with Gasteiger partial charge in [-0.1, -0.05) is 35.9 Å². The zero-order chi connectivity index (χ0) is 14.4. The van der Waals surface area contributed by atoms with Gasteiger partial charge in [0, 0.05) is 17.1 Å². The first-order valence-corrected chi connectivity index (χ1v) is 6.76. The summed E-state index contributed by atoms with van der Waals surface area (Å²) in [4.78, 5) is 11.7. The average molecular weight is 290 g/mol. The van der Waals surface area contributed by atoms with Gasteiger partial charge in [0.15, 0.2) is 0 Å². The zero-order valence-electron chi connectivity index (χ0n) is 11.0. The minimum atomic E-state index is -0.211. The quantitative estimate of drug-likeness (QED) is 0.676. The minimum Gasteiger partial charge on any atom is -0.461 e. The Morgan fingerprint density at radius 3 is 2.25 bits per heavy atom. The molecule has 0 aliphatic carbocycles. The fraction of sp³-hybridized carbons (Fsp3) is 0.188. The summed E-state index contributed by atoms with van der Waals surface area (Å²) in [5, 5.41) is 0.670. The van der Waals surface area contributed by atoms with Crippen LogP contribution >= 0.6 is 11.6 Å². The molecule has 2 N–H and O–H groups in total. The predicted octanol–water partition coefficient (Wildman–Crippen LogP) is 3.60. The zero-order valence-corrected chi connectivity index (χ0v) is 11.8. The van der Waals surface area contributed by atoms with Crippen LogP contribution in [0.4, 0.5) is 5.69 Å². The first-order chi connectivity index (χ1) is 9.63. The van der Waals surface area contributed by atoms with Crippen molar-refractivity contribution in [1.29, 1.82) is 0 Å². The first-order valence-electron chi connectivity index (χ1n) is 6.38. The molecule has 104 valence electrons. The van der Waals surface area contributed by atoms with Crippen LogP contribution in [-0.2, 0) is 22.6 Å². The van der Waals surface area contributed by atoms with Gasteiger partial charge in [-0.25, -0.2) is 0 Å². The van der Waals surface area contributed by atoms with Crippen molar-refractivity contribution in [3.05, 3.63) is 64.7 Å². The van der Waals surface area contributed by atoms with Crippen molar-refractivity contribution in [1.82, 2.24) is 0 Å². The third kappa shape index (κ3) is 4.59. The van der Waals surface area contributed by atoms with Crippen molar-refractivity contribution in [2.45, 2.75) is 19.4 Å². The number of halogens is 1. The number of carbonyl (C=O) groups is 1. The van der Waals surface area contributed by atoms with Crippen molar-refractivity contribution < 1.29 is 9.53 Å². The number of benzene rings is 2. The van der Waals surface area contributed by atoms with Gasteiger partial charge in [-0.2, -0.15) is 0 Å². The SMILES string of the molecule is Nc1ccc(CCC(=O)OCc2ccc(Cl)cc2)cc1. The summed E-state index contributed by atoms with van der Waals surface area (Å²) in [6, 6.07) is 14.7. The topological polar surface area (TPSA) is 52.3 Å². The van der Waals surface area contributed by atoms with E-state index in [4.69, 9.17) is 22.1 Å². The summed E-state index contributed by atoms with van der Waals surface area (Å²) in [7, 11) is 0. The third-order valence-corrected chi connectivity index (χ3v) is 3.16. The molecule has 0 spiro atoms. The van der Waals surface area contributed by atoms with E-state index in [0.29, 0.717) is 17.9 Å². The van der Waals surface area contributed by atoms with Gasteiger partial charge in [0.1, 0.15) is 6.61 Å². The lowest BCUT2D eigenvalue weighted by Crippen LogP contribution is -2.06. The molecular weight excluding hydrogens is 274 g/mol. The number of ether oxygens (including phenoxy) is 1. The summed E-state index contributed by atoms with van der Waals surface area (Å²) in [6.45, 7) is 0.276. The molecule has 0 heterocycles. The Morgan fingerprint density at radius 2 is 1.60 bits per heavy atom. The monoisotopic (exact) mass is 289 g/mol.